The second-order valence-electron chi connectivity index (χ2n) is 8.13. The van der Waals surface area contributed by atoms with Gasteiger partial charge in [-0.2, -0.15) is 13.2 Å². The lowest BCUT2D eigenvalue weighted by Gasteiger charge is -2.09. The average molecular weight is 522 g/mol. The van der Waals surface area contributed by atoms with Gasteiger partial charge in [0.2, 0.25) is 5.65 Å². The molecule has 0 saturated carbocycles. The van der Waals surface area contributed by atoms with E-state index in [1.807, 2.05) is 47.0 Å². The largest absolute Gasteiger partial charge is 0.490 e. The van der Waals surface area contributed by atoms with Gasteiger partial charge in [-0.15, -0.1) is 10.2 Å². The number of carboxylic acid groups (broad SMARTS) is 1. The monoisotopic (exact) mass is 522 g/mol. The fraction of sp³-hybridized carbons (Fsp3) is 0.154. The first-order valence-electron chi connectivity index (χ1n) is 11.3. The van der Waals surface area contributed by atoms with E-state index in [9.17, 15) is 18.0 Å². The first-order chi connectivity index (χ1) is 18.2. The van der Waals surface area contributed by atoms with Crippen LogP contribution in [0.1, 0.15) is 21.5 Å². The summed E-state index contributed by atoms with van der Waals surface area (Å²) in [7, 11) is 0. The molecule has 0 aliphatic heterocycles. The van der Waals surface area contributed by atoms with Crippen molar-refractivity contribution in [2.24, 2.45) is 0 Å². The van der Waals surface area contributed by atoms with Gasteiger partial charge in [0.25, 0.3) is 5.91 Å². The van der Waals surface area contributed by atoms with E-state index in [1.54, 1.807) is 24.8 Å². The molecule has 0 aliphatic carbocycles. The third-order valence-corrected chi connectivity index (χ3v) is 5.47. The van der Waals surface area contributed by atoms with Crippen LogP contribution < -0.4 is 5.32 Å². The number of nitrogens with one attached hydrogen (secondary N) is 1. The molecule has 0 fully saturated rings. The van der Waals surface area contributed by atoms with Crippen LogP contribution in [0.4, 0.5) is 13.2 Å². The molecular weight excluding hydrogens is 501 g/mol. The van der Waals surface area contributed by atoms with Crippen LogP contribution in [0.25, 0.3) is 22.1 Å². The molecule has 3 aromatic heterocycles. The van der Waals surface area contributed by atoms with E-state index in [4.69, 9.17) is 9.90 Å². The van der Waals surface area contributed by atoms with Crippen molar-refractivity contribution in [1.82, 2.24) is 30.0 Å². The topological polar surface area (TPSA) is 123 Å². The van der Waals surface area contributed by atoms with Gasteiger partial charge < -0.3 is 15.0 Å². The van der Waals surface area contributed by atoms with Crippen LogP contribution in [0.5, 0.6) is 0 Å². The Morgan fingerprint density at radius 3 is 2.34 bits per heavy atom. The second kappa shape index (κ2) is 11.5. The summed E-state index contributed by atoms with van der Waals surface area (Å²) in [6, 6.07) is 19.6. The average Bonchev–Trinajstić information content (AvgIpc) is 3.32. The van der Waals surface area contributed by atoms with Gasteiger partial charge in [-0.3, -0.25) is 9.78 Å². The number of alkyl halides is 3. The molecule has 2 aromatic carbocycles. The molecule has 0 radical (unpaired) electrons. The van der Waals surface area contributed by atoms with E-state index >= 15 is 0 Å². The number of pyridine rings is 1. The second-order valence-corrected chi connectivity index (χ2v) is 8.13. The smallest absolute Gasteiger partial charge is 0.475 e. The highest BCUT2D eigenvalue weighted by Gasteiger charge is 2.38. The molecule has 0 spiro atoms. The van der Waals surface area contributed by atoms with E-state index < -0.39 is 12.1 Å². The Bertz CT molecular complexity index is 1560. The maximum atomic E-state index is 12.7. The van der Waals surface area contributed by atoms with Gasteiger partial charge in [-0.05, 0) is 47.9 Å². The van der Waals surface area contributed by atoms with Crippen LogP contribution in [-0.2, 0) is 17.8 Å². The zero-order chi connectivity index (χ0) is 27.1. The fourth-order valence-electron chi connectivity index (χ4n) is 3.65. The van der Waals surface area contributed by atoms with Crippen molar-refractivity contribution in [3.8, 4) is 0 Å². The molecule has 5 rings (SSSR count). The summed E-state index contributed by atoms with van der Waals surface area (Å²) in [4.78, 5) is 30.1. The Hall–Kier alpha value is -4.87. The SMILES string of the molecule is O=C(NCCc1ccncc1)c1ccc2nnc3ncn(Cc4ccccc4)c3c2c1.O=C(O)C(F)(F)F. The van der Waals surface area contributed by atoms with Gasteiger partial charge in [-0.1, -0.05) is 30.3 Å². The summed E-state index contributed by atoms with van der Waals surface area (Å²) in [5.74, 6) is -2.87. The Morgan fingerprint density at radius 1 is 0.947 bits per heavy atom. The van der Waals surface area contributed by atoms with Crippen molar-refractivity contribution in [3.63, 3.8) is 0 Å². The molecule has 3 heterocycles. The van der Waals surface area contributed by atoms with Gasteiger partial charge in [0.05, 0.1) is 17.4 Å². The van der Waals surface area contributed by atoms with Crippen molar-refractivity contribution in [3.05, 3.63) is 96.1 Å². The summed E-state index contributed by atoms with van der Waals surface area (Å²) in [5.41, 5.74) is 5.06. The number of hydrogen-bond acceptors (Lipinski definition) is 6. The van der Waals surface area contributed by atoms with Crippen LogP contribution in [0, 0.1) is 0 Å². The Labute approximate surface area is 214 Å². The highest BCUT2D eigenvalue weighted by Crippen LogP contribution is 2.23. The lowest BCUT2D eigenvalue weighted by atomic mass is 10.1. The summed E-state index contributed by atoms with van der Waals surface area (Å²) in [5, 5.41) is 19.5. The zero-order valence-electron chi connectivity index (χ0n) is 19.8. The normalized spacial score (nSPS) is 11.1. The minimum Gasteiger partial charge on any atom is -0.475 e. The molecule has 12 heteroatoms. The fourth-order valence-corrected chi connectivity index (χ4v) is 3.65. The zero-order valence-corrected chi connectivity index (χ0v) is 19.8. The van der Waals surface area contributed by atoms with Crippen LogP contribution in [0.2, 0.25) is 0 Å². The van der Waals surface area contributed by atoms with Crippen LogP contribution in [0.3, 0.4) is 0 Å². The molecule has 0 bridgehead atoms. The van der Waals surface area contributed by atoms with E-state index in [0.717, 1.165) is 34.0 Å². The Balaban J connectivity index is 0.000000426. The number of carbonyl (C=O) groups is 2. The van der Waals surface area contributed by atoms with Gasteiger partial charge in [0.1, 0.15) is 0 Å². The highest BCUT2D eigenvalue weighted by molar-refractivity contribution is 6.05. The first kappa shape index (κ1) is 26.2. The van der Waals surface area contributed by atoms with E-state index in [1.165, 1.54) is 0 Å². The summed E-state index contributed by atoms with van der Waals surface area (Å²) in [6.45, 7) is 1.22. The van der Waals surface area contributed by atoms with E-state index in [0.29, 0.717) is 24.3 Å². The first-order valence-corrected chi connectivity index (χ1v) is 11.3. The number of benzene rings is 2. The number of carbonyl (C=O) groups excluding carboxylic acids is 1. The molecule has 2 N–H and O–H groups in total. The molecule has 0 saturated heterocycles. The minimum absolute atomic E-state index is 0.116. The quantitative estimate of drug-likeness (QED) is 0.345. The van der Waals surface area contributed by atoms with Gasteiger partial charge in [0, 0.05) is 36.4 Å². The standard InChI is InChI=1S/C24H20N6O.C2HF3O2/c31-24(26-13-10-17-8-11-25-12-9-17)19-6-7-21-20(14-19)22-23(29-28-21)27-16-30(22)15-18-4-2-1-3-5-18;3-2(4,5)1(6)7/h1-9,11-12,14,16H,10,13,15H2,(H,26,31);(H,6,7). The summed E-state index contributed by atoms with van der Waals surface area (Å²) < 4.78 is 33.8. The van der Waals surface area contributed by atoms with Crippen LogP contribution in [-0.4, -0.2) is 54.4 Å². The van der Waals surface area contributed by atoms with Crippen molar-refractivity contribution in [1.29, 1.82) is 0 Å². The lowest BCUT2D eigenvalue weighted by molar-refractivity contribution is -0.192. The van der Waals surface area contributed by atoms with Crippen molar-refractivity contribution >= 4 is 33.9 Å². The molecule has 5 aromatic rings. The summed E-state index contributed by atoms with van der Waals surface area (Å²) >= 11 is 0. The van der Waals surface area contributed by atoms with Gasteiger partial charge in [0.15, 0.2) is 0 Å². The number of halogens is 3. The summed E-state index contributed by atoms with van der Waals surface area (Å²) in [6.07, 6.45) is 0.950. The Morgan fingerprint density at radius 2 is 1.66 bits per heavy atom. The molecule has 0 unspecified atom stereocenters. The maximum absolute atomic E-state index is 12.7. The third-order valence-electron chi connectivity index (χ3n) is 5.47. The molecule has 0 atom stereocenters. The molecule has 38 heavy (non-hydrogen) atoms. The van der Waals surface area contributed by atoms with Gasteiger partial charge >= 0.3 is 12.1 Å². The van der Waals surface area contributed by atoms with Crippen LogP contribution >= 0.6 is 0 Å². The van der Waals surface area contributed by atoms with Gasteiger partial charge in [-0.25, -0.2) is 9.78 Å². The number of fused-ring (bicyclic) bond motifs is 3. The van der Waals surface area contributed by atoms with E-state index in [-0.39, 0.29) is 5.91 Å². The highest BCUT2D eigenvalue weighted by atomic mass is 19.4. The number of aromatic nitrogens is 5. The van der Waals surface area contributed by atoms with Crippen LogP contribution in [0.15, 0.2) is 79.4 Å². The number of amides is 1. The molecule has 9 nitrogen and oxygen atoms in total. The predicted molar refractivity (Wildman–Crippen MR) is 132 cm³/mol. The molecule has 0 aliphatic rings. The molecule has 194 valence electrons. The van der Waals surface area contributed by atoms with Crippen molar-refractivity contribution in [2.75, 3.05) is 6.54 Å². The number of carboxylic acids is 1. The number of hydrogen-bond donors (Lipinski definition) is 2. The van der Waals surface area contributed by atoms with Crippen molar-refractivity contribution in [2.45, 2.75) is 19.1 Å². The number of rotatable bonds is 6. The lowest BCUT2D eigenvalue weighted by Crippen LogP contribution is -2.25. The number of imidazole rings is 1. The third kappa shape index (κ3) is 6.46. The number of aliphatic carboxylic acids is 1. The minimum atomic E-state index is -5.08. The van der Waals surface area contributed by atoms with Crippen molar-refractivity contribution < 1.29 is 27.9 Å². The maximum Gasteiger partial charge on any atom is 0.490 e. The molecular formula is C26H21F3N6O3. The van der Waals surface area contributed by atoms with E-state index in [2.05, 4.69) is 37.6 Å². The molecule has 1 amide bonds. The number of nitrogens with zero attached hydrogens (tertiary/aromatic N) is 5. The predicted octanol–water partition coefficient (Wildman–Crippen LogP) is 4.03. The Kier molecular flexibility index (Phi) is 7.90.